The lowest BCUT2D eigenvalue weighted by Gasteiger charge is -2.47. The second kappa shape index (κ2) is 21.1. The minimum Gasteiger partial charge on any atom is -0.455 e. The second-order valence-electron chi connectivity index (χ2n) is 15.9. The van der Waals surface area contributed by atoms with Crippen LogP contribution < -0.4 is 0 Å². The van der Waals surface area contributed by atoms with Gasteiger partial charge >= 0.3 is 5.97 Å². The fourth-order valence-electron chi connectivity index (χ4n) is 8.37. The van der Waals surface area contributed by atoms with E-state index in [2.05, 4.69) is 10.0 Å². The Bertz CT molecular complexity index is 2460. The zero-order valence-corrected chi connectivity index (χ0v) is 35.0. The highest BCUT2D eigenvalue weighted by molar-refractivity contribution is 5.89. The molecule has 6 aromatic carbocycles. The summed E-state index contributed by atoms with van der Waals surface area (Å²) in [7, 11) is 0. The van der Waals surface area contributed by atoms with Crippen LogP contribution in [0.15, 0.2) is 169 Å². The van der Waals surface area contributed by atoms with Crippen LogP contribution in [0.1, 0.15) is 32.6 Å². The van der Waals surface area contributed by atoms with Gasteiger partial charge in [0.05, 0.1) is 45.2 Å². The summed E-state index contributed by atoms with van der Waals surface area (Å²) in [5, 5.41) is 6.36. The Balaban J connectivity index is 1.05. The van der Waals surface area contributed by atoms with E-state index in [1.165, 1.54) is 0 Å². The number of nitrogens with zero attached hydrogens (tertiary/aromatic N) is 3. The number of benzene rings is 6. The summed E-state index contributed by atoms with van der Waals surface area (Å²) in [6, 6.07) is 50.8. The van der Waals surface area contributed by atoms with Crippen molar-refractivity contribution in [2.75, 3.05) is 13.2 Å². The molecule has 10 atom stereocenters. The van der Waals surface area contributed by atoms with Crippen molar-refractivity contribution in [1.82, 2.24) is 0 Å². The van der Waals surface area contributed by atoms with E-state index < -0.39 is 67.3 Å². The topological polar surface area (TPSA) is 149 Å². The van der Waals surface area contributed by atoms with Crippen LogP contribution in [0.2, 0.25) is 0 Å². The van der Waals surface area contributed by atoms with Crippen molar-refractivity contribution in [2.45, 2.75) is 87.8 Å². The molecule has 13 nitrogen and oxygen atoms in total. The zero-order valence-electron chi connectivity index (χ0n) is 35.0. The molecule has 0 unspecified atom stereocenters. The van der Waals surface area contributed by atoms with Gasteiger partial charge in [-0.3, -0.25) is 0 Å². The largest absolute Gasteiger partial charge is 0.455 e. The molecule has 64 heavy (non-hydrogen) atoms. The van der Waals surface area contributed by atoms with Crippen molar-refractivity contribution in [1.29, 1.82) is 0 Å². The van der Waals surface area contributed by atoms with Crippen molar-refractivity contribution in [3.05, 3.63) is 202 Å². The first-order valence-electron chi connectivity index (χ1n) is 21.5. The van der Waals surface area contributed by atoms with Crippen molar-refractivity contribution >= 4 is 16.7 Å². The molecule has 2 bridgehead atoms. The first-order valence-corrected chi connectivity index (χ1v) is 21.5. The predicted molar refractivity (Wildman–Crippen MR) is 235 cm³/mol. The molecule has 3 heterocycles. The maximum Gasteiger partial charge on any atom is 0.338 e. The third kappa shape index (κ3) is 10.5. The van der Waals surface area contributed by atoms with Gasteiger partial charge in [0.15, 0.2) is 12.6 Å². The second-order valence-corrected chi connectivity index (χ2v) is 15.9. The molecule has 3 aliphatic rings. The molecule has 0 aliphatic carbocycles. The molecule has 3 aliphatic heterocycles. The molecule has 13 heteroatoms. The van der Waals surface area contributed by atoms with Crippen LogP contribution in [-0.2, 0) is 69.1 Å². The first kappa shape index (κ1) is 43.3. The number of rotatable bonds is 18. The molecule has 0 N–H and O–H groups in total. The molecule has 0 spiro atoms. The molecule has 6 aromatic rings. The van der Waals surface area contributed by atoms with Gasteiger partial charge in [-0.25, -0.2) is 4.79 Å². The van der Waals surface area contributed by atoms with Gasteiger partial charge in [-0.05, 0) is 56.8 Å². The number of carbonyl (C=O) groups is 1. The predicted octanol–water partition coefficient (Wildman–Crippen LogP) is 8.88. The van der Waals surface area contributed by atoms with Crippen LogP contribution in [0.5, 0.6) is 0 Å². The summed E-state index contributed by atoms with van der Waals surface area (Å²) in [6.45, 7) is 1.07. The number of hydrogen-bond acceptors (Lipinski definition) is 11. The Morgan fingerprint density at radius 1 is 0.594 bits per heavy atom. The summed E-state index contributed by atoms with van der Waals surface area (Å²) in [4.78, 5) is 17.3. The number of fused-ring (bicyclic) bond motifs is 3. The van der Waals surface area contributed by atoms with Gasteiger partial charge in [-0.1, -0.05) is 151 Å². The highest BCUT2D eigenvalue weighted by atomic mass is 16.8. The lowest BCUT2D eigenvalue weighted by molar-refractivity contribution is -0.328. The minimum absolute atomic E-state index is 0.00600. The van der Waals surface area contributed by atoms with Crippen LogP contribution in [0.4, 0.5) is 0 Å². The van der Waals surface area contributed by atoms with Gasteiger partial charge in [-0.2, -0.15) is 0 Å². The van der Waals surface area contributed by atoms with Crippen molar-refractivity contribution in [2.24, 2.45) is 5.11 Å². The third-order valence-electron chi connectivity index (χ3n) is 11.6. The number of carbonyl (C=O) groups excluding carboxylic acids is 1. The maximum absolute atomic E-state index is 14.0. The van der Waals surface area contributed by atoms with Gasteiger partial charge < -0.3 is 42.6 Å². The number of esters is 1. The van der Waals surface area contributed by atoms with E-state index >= 15 is 0 Å². The van der Waals surface area contributed by atoms with E-state index in [9.17, 15) is 10.3 Å². The summed E-state index contributed by atoms with van der Waals surface area (Å²) in [5.41, 5.74) is 14.2. The smallest absolute Gasteiger partial charge is 0.338 e. The van der Waals surface area contributed by atoms with E-state index in [-0.39, 0.29) is 39.6 Å². The SMILES string of the molecule is [N-]=[N+]=N[C@H]1[C@@H](O[C@@H]2[C@@H](OCc3ccccc3)[C@@H](OCc3ccccc3)[C@@H]3OC[C@@H]2O3)O[C@H](COCc2ccccc2)[C@@H](OCc2ccc3ccccc3c2)[C@@H]1OC(=O)c1ccccc1. The molecule has 3 fully saturated rings. The normalized spacial score (nSPS) is 26.2. The summed E-state index contributed by atoms with van der Waals surface area (Å²) >= 11 is 0. The lowest BCUT2D eigenvalue weighted by atomic mass is 9.95. The van der Waals surface area contributed by atoms with Gasteiger partial charge in [0.25, 0.3) is 0 Å². The number of hydrogen-bond donors (Lipinski definition) is 0. The maximum atomic E-state index is 14.0. The molecular weight excluding hydrogens is 815 g/mol. The molecule has 328 valence electrons. The third-order valence-corrected chi connectivity index (χ3v) is 11.6. The van der Waals surface area contributed by atoms with Crippen LogP contribution in [0.25, 0.3) is 21.2 Å². The molecule has 0 radical (unpaired) electrons. The van der Waals surface area contributed by atoms with Crippen molar-refractivity contribution < 1.29 is 47.4 Å². The number of ether oxygens (including phenoxy) is 9. The minimum atomic E-state index is -1.31. The molecule has 0 amide bonds. The van der Waals surface area contributed by atoms with E-state index in [0.717, 1.165) is 33.0 Å². The Hall–Kier alpha value is -5.96. The van der Waals surface area contributed by atoms with E-state index in [4.69, 9.17) is 42.6 Å². The highest BCUT2D eigenvalue weighted by Gasteiger charge is 2.56. The highest BCUT2D eigenvalue weighted by Crippen LogP contribution is 2.38. The Morgan fingerprint density at radius 2 is 1.17 bits per heavy atom. The fraction of sp³-hybridized carbons (Fsp3) is 0.314. The Morgan fingerprint density at radius 3 is 1.84 bits per heavy atom. The van der Waals surface area contributed by atoms with Crippen molar-refractivity contribution in [3.63, 3.8) is 0 Å². The molecule has 9 rings (SSSR count). The Labute approximate surface area is 371 Å². The molecule has 0 aromatic heterocycles. The van der Waals surface area contributed by atoms with Crippen LogP contribution >= 0.6 is 0 Å². The van der Waals surface area contributed by atoms with Crippen LogP contribution in [0, 0.1) is 0 Å². The Kier molecular flexibility index (Phi) is 14.3. The van der Waals surface area contributed by atoms with Crippen molar-refractivity contribution in [3.8, 4) is 0 Å². The average molecular weight is 864 g/mol. The quantitative estimate of drug-likeness (QED) is 0.0355. The first-order chi connectivity index (χ1) is 31.6. The summed E-state index contributed by atoms with van der Waals surface area (Å²) in [6.07, 6.45) is -8.08. The zero-order chi connectivity index (χ0) is 43.5. The summed E-state index contributed by atoms with van der Waals surface area (Å²) < 4.78 is 59.1. The molecule has 0 saturated carbocycles. The van der Waals surface area contributed by atoms with E-state index in [1.54, 1.807) is 24.3 Å². The monoisotopic (exact) mass is 863 g/mol. The van der Waals surface area contributed by atoms with Crippen LogP contribution in [0.3, 0.4) is 0 Å². The molecule has 3 saturated heterocycles. The van der Waals surface area contributed by atoms with E-state index in [0.29, 0.717) is 5.56 Å². The van der Waals surface area contributed by atoms with Gasteiger partial charge in [0.1, 0.15) is 48.8 Å². The van der Waals surface area contributed by atoms with E-state index in [1.807, 2.05) is 140 Å². The summed E-state index contributed by atoms with van der Waals surface area (Å²) in [5.74, 6) is -0.640. The average Bonchev–Trinajstić information content (AvgIpc) is 3.78. The molecular formula is C51H49N3O10. The van der Waals surface area contributed by atoms with Crippen LogP contribution in [-0.4, -0.2) is 80.5 Å². The standard InChI is InChI=1S/C51H49N3O10/c52-54-53-43-46(63-49(55)39-22-11-4-12-23-39)44(57-31-37-25-26-38-21-13-14-24-40(38)27-37)41(32-56-28-34-15-5-1-6-16-34)61-50(43)64-45-42-33-60-51(62-42)48(59-30-36-19-9-3-10-20-36)47(45)58-29-35-17-7-2-8-18-35/h1-27,41-48,50-51H,28-33H2/t41-,42+,43-,44-,45+,46-,47-,48-,50-,51-/m1/s1. The van der Waals surface area contributed by atoms with Gasteiger partial charge in [0.2, 0.25) is 0 Å². The van der Waals surface area contributed by atoms with Gasteiger partial charge in [0, 0.05) is 4.91 Å². The lowest BCUT2D eigenvalue weighted by Crippen LogP contribution is -2.64. The number of azide groups is 1. The van der Waals surface area contributed by atoms with Gasteiger partial charge in [-0.15, -0.1) is 0 Å². The fourth-order valence-corrected chi connectivity index (χ4v) is 8.37.